The second-order valence-corrected chi connectivity index (χ2v) is 8.87. The number of carbonyl (C=O) groups is 2. The summed E-state index contributed by atoms with van der Waals surface area (Å²) in [4.78, 5) is 34.4. The molecular formula is C28H29N3O4. The third kappa shape index (κ3) is 4.49. The highest BCUT2D eigenvalue weighted by Gasteiger charge is 2.46. The van der Waals surface area contributed by atoms with Crippen molar-refractivity contribution in [2.45, 2.75) is 26.4 Å². The van der Waals surface area contributed by atoms with Gasteiger partial charge in [-0.05, 0) is 66.9 Å². The summed E-state index contributed by atoms with van der Waals surface area (Å²) in [5, 5.41) is 11.5. The van der Waals surface area contributed by atoms with Crippen LogP contribution in [0.2, 0.25) is 0 Å². The van der Waals surface area contributed by atoms with Gasteiger partial charge >= 0.3 is 0 Å². The van der Waals surface area contributed by atoms with Crippen LogP contribution < -0.4 is 9.64 Å². The number of aliphatic hydroxyl groups excluding tert-OH is 1. The Hall–Kier alpha value is -4.13. The van der Waals surface area contributed by atoms with Crippen LogP contribution in [0.4, 0.5) is 5.69 Å². The van der Waals surface area contributed by atoms with E-state index in [0.717, 1.165) is 22.4 Å². The smallest absolute Gasteiger partial charge is 0.296 e. The number of nitrogens with zero attached hydrogens (tertiary/aromatic N) is 3. The number of hydrogen-bond donors (Lipinski definition) is 1. The van der Waals surface area contributed by atoms with Crippen molar-refractivity contribution in [1.29, 1.82) is 0 Å². The monoisotopic (exact) mass is 471 g/mol. The molecule has 0 spiro atoms. The second-order valence-electron chi connectivity index (χ2n) is 8.87. The van der Waals surface area contributed by atoms with Gasteiger partial charge in [0.2, 0.25) is 0 Å². The van der Waals surface area contributed by atoms with Crippen molar-refractivity contribution in [1.82, 2.24) is 9.88 Å². The topological polar surface area (TPSA) is 83.0 Å². The summed E-state index contributed by atoms with van der Waals surface area (Å²) < 4.78 is 5.39. The molecule has 3 aromatic rings. The summed E-state index contributed by atoms with van der Waals surface area (Å²) in [5.41, 5.74) is 4.48. The summed E-state index contributed by atoms with van der Waals surface area (Å²) >= 11 is 0. The van der Waals surface area contributed by atoms with E-state index in [4.69, 9.17) is 4.74 Å². The molecule has 1 saturated heterocycles. The van der Waals surface area contributed by atoms with Crippen LogP contribution in [-0.4, -0.2) is 47.9 Å². The predicted octanol–water partition coefficient (Wildman–Crippen LogP) is 4.39. The van der Waals surface area contributed by atoms with E-state index in [1.807, 2.05) is 75.3 Å². The summed E-state index contributed by atoms with van der Waals surface area (Å²) in [6, 6.07) is 15.9. The van der Waals surface area contributed by atoms with Crippen molar-refractivity contribution >= 4 is 23.1 Å². The molecule has 7 nitrogen and oxygen atoms in total. The summed E-state index contributed by atoms with van der Waals surface area (Å²) in [5.74, 6) is -0.892. The molecule has 1 atom stereocenters. The number of Topliss-reactive ketones (excluding diaryl/α,β-unsaturated/α-hetero) is 1. The zero-order chi connectivity index (χ0) is 25.3. The lowest BCUT2D eigenvalue weighted by Crippen LogP contribution is -2.29. The van der Waals surface area contributed by atoms with E-state index in [1.54, 1.807) is 25.4 Å². The number of likely N-dealkylation sites (tertiary alicyclic amines) is 1. The summed E-state index contributed by atoms with van der Waals surface area (Å²) in [7, 11) is 5.47. The highest BCUT2D eigenvalue weighted by atomic mass is 16.5. The number of aliphatic hydroxyl groups is 1. The molecule has 1 N–H and O–H groups in total. The number of anilines is 1. The predicted molar refractivity (Wildman–Crippen MR) is 135 cm³/mol. The highest BCUT2D eigenvalue weighted by Crippen LogP contribution is 2.41. The van der Waals surface area contributed by atoms with Gasteiger partial charge in [-0.15, -0.1) is 0 Å². The first-order valence-electron chi connectivity index (χ1n) is 11.3. The van der Waals surface area contributed by atoms with Gasteiger partial charge in [0.1, 0.15) is 11.5 Å². The standard InChI is InChI=1S/C28H29N3O4/c1-17-15-23(35-5)18(2)14-22(17)26(32)24-25(19-9-11-21(12-10-19)30(3)4)31(28(34)27(24)33)16-20-8-6-7-13-29-20/h6-15,25,32H,16H2,1-5H3/b26-24+. The number of benzene rings is 2. The van der Waals surface area contributed by atoms with Crippen molar-refractivity contribution < 1.29 is 19.4 Å². The Bertz CT molecular complexity index is 1300. The van der Waals surface area contributed by atoms with Crippen LogP contribution in [0.1, 0.15) is 34.0 Å². The van der Waals surface area contributed by atoms with E-state index < -0.39 is 17.7 Å². The Balaban J connectivity index is 1.89. The molecule has 0 radical (unpaired) electrons. The Labute approximate surface area is 205 Å². The van der Waals surface area contributed by atoms with Gasteiger partial charge < -0.3 is 19.6 Å². The molecule has 35 heavy (non-hydrogen) atoms. The summed E-state index contributed by atoms with van der Waals surface area (Å²) in [6.07, 6.45) is 1.65. The molecular weight excluding hydrogens is 442 g/mol. The first-order chi connectivity index (χ1) is 16.7. The fraction of sp³-hybridized carbons (Fsp3) is 0.250. The average molecular weight is 472 g/mol. The lowest BCUT2D eigenvalue weighted by atomic mass is 9.93. The Morgan fingerprint density at radius 2 is 1.77 bits per heavy atom. The normalized spacial score (nSPS) is 17.1. The number of aromatic nitrogens is 1. The Kier molecular flexibility index (Phi) is 6.60. The van der Waals surface area contributed by atoms with Gasteiger partial charge in [-0.25, -0.2) is 0 Å². The lowest BCUT2D eigenvalue weighted by Gasteiger charge is -2.26. The van der Waals surface area contributed by atoms with E-state index >= 15 is 0 Å². The summed E-state index contributed by atoms with van der Waals surface area (Å²) in [6.45, 7) is 3.84. The van der Waals surface area contributed by atoms with Crippen LogP contribution in [-0.2, 0) is 16.1 Å². The van der Waals surface area contributed by atoms with E-state index in [1.165, 1.54) is 4.90 Å². The third-order valence-electron chi connectivity index (χ3n) is 6.32. The van der Waals surface area contributed by atoms with Crippen molar-refractivity contribution in [3.05, 3.63) is 94.3 Å². The molecule has 0 bridgehead atoms. The van der Waals surface area contributed by atoms with E-state index in [9.17, 15) is 14.7 Å². The van der Waals surface area contributed by atoms with Crippen molar-refractivity contribution in [2.24, 2.45) is 0 Å². The molecule has 1 aromatic heterocycles. The SMILES string of the molecule is COc1cc(C)c(/C(O)=C2\C(=O)C(=O)N(Cc3ccccn3)C2c2ccc(N(C)C)cc2)cc1C. The molecule has 1 aliphatic heterocycles. The lowest BCUT2D eigenvalue weighted by molar-refractivity contribution is -0.140. The zero-order valence-electron chi connectivity index (χ0n) is 20.6. The Morgan fingerprint density at radius 3 is 2.37 bits per heavy atom. The van der Waals surface area contributed by atoms with Gasteiger partial charge in [0.25, 0.3) is 11.7 Å². The molecule has 0 aliphatic carbocycles. The molecule has 2 heterocycles. The minimum atomic E-state index is -0.755. The number of ether oxygens (including phenoxy) is 1. The third-order valence-corrected chi connectivity index (χ3v) is 6.32. The minimum absolute atomic E-state index is 0.0659. The van der Waals surface area contributed by atoms with E-state index in [2.05, 4.69) is 4.98 Å². The molecule has 1 amide bonds. The van der Waals surface area contributed by atoms with E-state index in [-0.39, 0.29) is 17.9 Å². The largest absolute Gasteiger partial charge is 0.507 e. The second kappa shape index (κ2) is 9.62. The number of methoxy groups -OCH3 is 1. The molecule has 1 fully saturated rings. The maximum absolute atomic E-state index is 13.3. The first kappa shape index (κ1) is 24.0. The quantitative estimate of drug-likeness (QED) is 0.326. The fourth-order valence-corrected chi connectivity index (χ4v) is 4.42. The molecule has 180 valence electrons. The number of rotatable bonds is 6. The van der Waals surface area contributed by atoms with Crippen LogP contribution in [0.5, 0.6) is 5.75 Å². The van der Waals surface area contributed by atoms with Crippen LogP contribution in [0.3, 0.4) is 0 Å². The Morgan fingerprint density at radius 1 is 1.06 bits per heavy atom. The number of aryl methyl sites for hydroxylation is 2. The number of pyridine rings is 1. The maximum atomic E-state index is 13.3. The fourth-order valence-electron chi connectivity index (χ4n) is 4.42. The van der Waals surface area contributed by atoms with Crippen molar-refractivity contribution in [3.8, 4) is 5.75 Å². The van der Waals surface area contributed by atoms with Crippen molar-refractivity contribution in [3.63, 3.8) is 0 Å². The number of hydrogen-bond acceptors (Lipinski definition) is 6. The highest BCUT2D eigenvalue weighted by molar-refractivity contribution is 6.46. The van der Waals surface area contributed by atoms with Crippen LogP contribution in [0, 0.1) is 13.8 Å². The van der Waals surface area contributed by atoms with Gasteiger partial charge in [-0.1, -0.05) is 18.2 Å². The van der Waals surface area contributed by atoms with Crippen LogP contribution in [0.15, 0.2) is 66.4 Å². The van der Waals surface area contributed by atoms with Crippen LogP contribution in [0.25, 0.3) is 5.76 Å². The number of amides is 1. The molecule has 0 saturated carbocycles. The molecule has 1 unspecified atom stereocenters. The maximum Gasteiger partial charge on any atom is 0.296 e. The molecule has 2 aromatic carbocycles. The molecule has 1 aliphatic rings. The van der Waals surface area contributed by atoms with Gasteiger partial charge in [-0.2, -0.15) is 0 Å². The van der Waals surface area contributed by atoms with Gasteiger partial charge in [0, 0.05) is 31.5 Å². The average Bonchev–Trinajstić information content (AvgIpc) is 3.10. The first-order valence-corrected chi connectivity index (χ1v) is 11.3. The number of carbonyl (C=O) groups excluding carboxylic acids is 2. The van der Waals surface area contributed by atoms with Gasteiger partial charge in [-0.3, -0.25) is 14.6 Å². The van der Waals surface area contributed by atoms with E-state index in [0.29, 0.717) is 17.0 Å². The van der Waals surface area contributed by atoms with Crippen LogP contribution >= 0.6 is 0 Å². The van der Waals surface area contributed by atoms with Gasteiger partial charge in [0.05, 0.1) is 31.0 Å². The number of ketones is 1. The zero-order valence-corrected chi connectivity index (χ0v) is 20.6. The molecule has 7 heteroatoms. The van der Waals surface area contributed by atoms with Crippen molar-refractivity contribution in [2.75, 3.05) is 26.1 Å². The molecule has 4 rings (SSSR count). The van der Waals surface area contributed by atoms with Gasteiger partial charge in [0.15, 0.2) is 0 Å². The minimum Gasteiger partial charge on any atom is -0.507 e.